The molecule has 1 aliphatic rings. The topological polar surface area (TPSA) is 83.4 Å². The van der Waals surface area contributed by atoms with E-state index in [2.05, 4.69) is 22.3 Å². The van der Waals surface area contributed by atoms with Crippen LogP contribution in [-0.4, -0.2) is 23.4 Å². The summed E-state index contributed by atoms with van der Waals surface area (Å²) in [7, 11) is 0. The van der Waals surface area contributed by atoms with Gasteiger partial charge in [0.05, 0.1) is 19.6 Å². The molecule has 1 unspecified atom stereocenters. The molecule has 0 aliphatic heterocycles. The minimum absolute atomic E-state index is 0.511. The fourth-order valence-electron chi connectivity index (χ4n) is 3.76. The highest BCUT2D eigenvalue weighted by atomic mass is 16.5. The largest absolute Gasteiger partial charge is 0.490 e. The van der Waals surface area contributed by atoms with Crippen LogP contribution in [0, 0.1) is 0 Å². The molecule has 1 aromatic heterocycles. The molecule has 6 nitrogen and oxygen atoms in total. The summed E-state index contributed by atoms with van der Waals surface area (Å²) in [5, 5.41) is 4.20. The van der Waals surface area contributed by atoms with Gasteiger partial charge in [-0.3, -0.25) is 0 Å². The number of nitrogens with two attached hydrogens (primary N) is 1. The normalized spacial score (nSPS) is 18.1. The second kappa shape index (κ2) is 7.64. The summed E-state index contributed by atoms with van der Waals surface area (Å²) in [6.07, 6.45) is 2.22. The van der Waals surface area contributed by atoms with Gasteiger partial charge in [-0.05, 0) is 55.5 Å². The first-order valence-electron chi connectivity index (χ1n) is 9.73. The van der Waals surface area contributed by atoms with Gasteiger partial charge in [0.15, 0.2) is 17.3 Å². The van der Waals surface area contributed by atoms with E-state index < -0.39 is 5.54 Å². The molecular weight excluding hydrogens is 354 g/mol. The van der Waals surface area contributed by atoms with Crippen molar-refractivity contribution in [2.45, 2.75) is 38.6 Å². The number of hydrogen-bond donors (Lipinski definition) is 1. The molecule has 0 fully saturated rings. The molecule has 4 rings (SSSR count). The molecule has 0 spiro atoms. The molecule has 6 heteroatoms. The van der Waals surface area contributed by atoms with E-state index in [4.69, 9.17) is 19.7 Å². The van der Waals surface area contributed by atoms with Crippen molar-refractivity contribution in [3.63, 3.8) is 0 Å². The minimum atomic E-state index is -0.687. The fraction of sp³-hybridized carbons (Fsp3) is 0.364. The molecule has 2 aromatic carbocycles. The van der Waals surface area contributed by atoms with Crippen LogP contribution in [0.5, 0.6) is 11.5 Å². The van der Waals surface area contributed by atoms with Crippen LogP contribution >= 0.6 is 0 Å². The summed E-state index contributed by atoms with van der Waals surface area (Å²) in [6.45, 7) is 5.07. The van der Waals surface area contributed by atoms with E-state index in [0.717, 1.165) is 35.5 Å². The smallest absolute Gasteiger partial charge is 0.231 e. The van der Waals surface area contributed by atoms with Crippen LogP contribution in [0.4, 0.5) is 0 Å². The summed E-state index contributed by atoms with van der Waals surface area (Å²) in [4.78, 5) is 4.62. The molecule has 1 atom stereocenters. The van der Waals surface area contributed by atoms with Crippen LogP contribution < -0.4 is 15.2 Å². The first-order chi connectivity index (χ1) is 13.6. The van der Waals surface area contributed by atoms with Crippen molar-refractivity contribution < 1.29 is 14.0 Å². The Morgan fingerprint density at radius 3 is 2.68 bits per heavy atom. The monoisotopic (exact) mass is 379 g/mol. The molecule has 2 N–H and O–H groups in total. The van der Waals surface area contributed by atoms with E-state index >= 15 is 0 Å². The lowest BCUT2D eigenvalue weighted by molar-refractivity contribution is 0.287. The van der Waals surface area contributed by atoms with Gasteiger partial charge in [0.1, 0.15) is 5.54 Å². The Balaban J connectivity index is 1.57. The Morgan fingerprint density at radius 2 is 1.86 bits per heavy atom. The number of rotatable bonds is 7. The third-order valence-electron chi connectivity index (χ3n) is 5.12. The zero-order valence-corrected chi connectivity index (χ0v) is 16.3. The van der Waals surface area contributed by atoms with Crippen LogP contribution in [0.25, 0.3) is 0 Å². The van der Waals surface area contributed by atoms with Crippen LogP contribution in [0.1, 0.15) is 48.7 Å². The number of hydrogen-bond acceptors (Lipinski definition) is 6. The van der Waals surface area contributed by atoms with Crippen molar-refractivity contribution >= 4 is 0 Å². The molecule has 0 bridgehead atoms. The Kier molecular flexibility index (Phi) is 5.05. The van der Waals surface area contributed by atoms with Gasteiger partial charge in [0.25, 0.3) is 0 Å². The average Bonchev–Trinajstić information content (AvgIpc) is 3.31. The third kappa shape index (κ3) is 3.36. The highest BCUT2D eigenvalue weighted by molar-refractivity contribution is 5.44. The molecule has 1 heterocycles. The Hall–Kier alpha value is -2.86. The third-order valence-corrected chi connectivity index (χ3v) is 5.12. The Labute approximate surface area is 164 Å². The summed E-state index contributed by atoms with van der Waals surface area (Å²) >= 11 is 0. The summed E-state index contributed by atoms with van der Waals surface area (Å²) in [5.74, 6) is 2.55. The van der Waals surface area contributed by atoms with Crippen LogP contribution in [0.15, 0.2) is 47.0 Å². The molecule has 146 valence electrons. The van der Waals surface area contributed by atoms with E-state index in [0.29, 0.717) is 31.3 Å². The Morgan fingerprint density at radius 1 is 1.07 bits per heavy atom. The summed E-state index contributed by atoms with van der Waals surface area (Å²) < 4.78 is 16.8. The van der Waals surface area contributed by atoms with Gasteiger partial charge in [-0.15, -0.1) is 0 Å². The second-order valence-corrected chi connectivity index (χ2v) is 6.96. The van der Waals surface area contributed by atoms with E-state index in [1.54, 1.807) is 0 Å². The fourth-order valence-corrected chi connectivity index (χ4v) is 3.76. The maximum atomic E-state index is 6.69. The zero-order chi connectivity index (χ0) is 19.6. The number of aryl methyl sites for hydroxylation is 1. The average molecular weight is 379 g/mol. The molecule has 28 heavy (non-hydrogen) atoms. The molecule has 0 radical (unpaired) electrons. The van der Waals surface area contributed by atoms with E-state index in [1.165, 1.54) is 5.56 Å². The van der Waals surface area contributed by atoms with Crippen LogP contribution in [-0.2, 0) is 18.4 Å². The van der Waals surface area contributed by atoms with Gasteiger partial charge < -0.3 is 19.7 Å². The van der Waals surface area contributed by atoms with Crippen LogP contribution in [0.3, 0.4) is 0 Å². The minimum Gasteiger partial charge on any atom is -0.490 e. The van der Waals surface area contributed by atoms with E-state index in [1.807, 2.05) is 44.2 Å². The maximum Gasteiger partial charge on any atom is 0.231 e. The van der Waals surface area contributed by atoms with Crippen molar-refractivity contribution in [3.8, 4) is 11.5 Å². The molecule has 3 aromatic rings. The Bertz CT molecular complexity index is 969. The highest BCUT2D eigenvalue weighted by Crippen LogP contribution is 2.38. The van der Waals surface area contributed by atoms with Gasteiger partial charge in [-0.1, -0.05) is 35.5 Å². The molecule has 0 saturated carbocycles. The number of benzene rings is 2. The lowest BCUT2D eigenvalue weighted by Crippen LogP contribution is -2.36. The predicted molar refractivity (Wildman–Crippen MR) is 106 cm³/mol. The van der Waals surface area contributed by atoms with Gasteiger partial charge in [0, 0.05) is 0 Å². The summed E-state index contributed by atoms with van der Waals surface area (Å²) in [6, 6.07) is 14.1. The first-order valence-corrected chi connectivity index (χ1v) is 9.73. The van der Waals surface area contributed by atoms with Crippen molar-refractivity contribution in [2.24, 2.45) is 5.73 Å². The number of nitrogens with zero attached hydrogens (tertiary/aromatic N) is 2. The molecule has 1 aliphatic carbocycles. The van der Waals surface area contributed by atoms with E-state index in [-0.39, 0.29) is 0 Å². The quantitative estimate of drug-likeness (QED) is 0.675. The summed E-state index contributed by atoms with van der Waals surface area (Å²) in [5.41, 5.74) is 9.36. The lowest BCUT2D eigenvalue weighted by atomic mass is 9.92. The predicted octanol–water partition coefficient (Wildman–Crippen LogP) is 3.61. The number of fused-ring (bicyclic) bond motifs is 1. The maximum absolute atomic E-state index is 6.69. The van der Waals surface area contributed by atoms with Crippen molar-refractivity contribution in [1.82, 2.24) is 10.1 Å². The van der Waals surface area contributed by atoms with E-state index in [9.17, 15) is 0 Å². The molecular formula is C22H25N3O3. The highest BCUT2D eigenvalue weighted by Gasteiger charge is 2.40. The standard InChI is InChI=1S/C22H25N3O3/c1-3-26-18-10-9-15(13-19(18)27-4-2)14-20-24-21(25-28-20)22(23)12-11-16-7-5-6-8-17(16)22/h5-10,13H,3-4,11-12,14,23H2,1-2H3. The van der Waals surface area contributed by atoms with Gasteiger partial charge >= 0.3 is 0 Å². The lowest BCUT2D eigenvalue weighted by Gasteiger charge is -2.20. The van der Waals surface area contributed by atoms with Gasteiger partial charge in [-0.25, -0.2) is 0 Å². The second-order valence-electron chi connectivity index (χ2n) is 6.96. The molecule has 0 saturated heterocycles. The van der Waals surface area contributed by atoms with Crippen molar-refractivity contribution in [3.05, 3.63) is 70.9 Å². The van der Waals surface area contributed by atoms with Crippen molar-refractivity contribution in [1.29, 1.82) is 0 Å². The SMILES string of the molecule is CCOc1ccc(Cc2nc(C3(N)CCc4ccccc43)no2)cc1OCC. The molecule has 0 amide bonds. The van der Waals surface area contributed by atoms with Gasteiger partial charge in [0.2, 0.25) is 5.89 Å². The van der Waals surface area contributed by atoms with Crippen molar-refractivity contribution in [2.75, 3.05) is 13.2 Å². The van der Waals surface area contributed by atoms with Gasteiger partial charge in [-0.2, -0.15) is 4.98 Å². The number of aromatic nitrogens is 2. The zero-order valence-electron chi connectivity index (χ0n) is 16.3. The first kappa shape index (κ1) is 18.5. The number of ether oxygens (including phenoxy) is 2. The van der Waals surface area contributed by atoms with Crippen LogP contribution in [0.2, 0.25) is 0 Å².